The maximum atomic E-state index is 5.92. The summed E-state index contributed by atoms with van der Waals surface area (Å²) in [6.45, 7) is 9.92. The van der Waals surface area contributed by atoms with Crippen molar-refractivity contribution in [2.45, 2.75) is 40.3 Å². The highest BCUT2D eigenvalue weighted by Gasteiger charge is 2.08. The molecule has 2 rings (SSSR count). The van der Waals surface area contributed by atoms with Crippen LogP contribution in [0.4, 0.5) is 0 Å². The second-order valence-corrected chi connectivity index (χ2v) is 5.36. The Hall–Kier alpha value is -1.87. The smallest absolute Gasteiger partial charge is 0.130 e. The highest BCUT2D eigenvalue weighted by Crippen LogP contribution is 2.23. The van der Waals surface area contributed by atoms with Crippen LogP contribution in [0.25, 0.3) is 0 Å². The van der Waals surface area contributed by atoms with Gasteiger partial charge in [0, 0.05) is 12.2 Å². The quantitative estimate of drug-likeness (QED) is 0.872. The van der Waals surface area contributed by atoms with Crippen molar-refractivity contribution >= 4 is 0 Å². The Morgan fingerprint density at radius 1 is 1.19 bits per heavy atom. The second-order valence-electron chi connectivity index (χ2n) is 5.36. The van der Waals surface area contributed by atoms with Gasteiger partial charge in [-0.25, -0.2) is 0 Å². The standard InChI is InChI=1S/C18H24N2O/c1-5-19-15(4)16-8-9-18(14(3)11-16)21-12-17-13(2)7-6-10-20-17/h6-11,15,19H,5,12H2,1-4H3. The maximum absolute atomic E-state index is 5.92. The fourth-order valence-electron chi connectivity index (χ4n) is 2.34. The van der Waals surface area contributed by atoms with Gasteiger partial charge < -0.3 is 10.1 Å². The third kappa shape index (κ3) is 4.05. The predicted molar refractivity (Wildman–Crippen MR) is 86.6 cm³/mol. The number of nitrogens with zero attached hydrogens (tertiary/aromatic N) is 1. The monoisotopic (exact) mass is 284 g/mol. The van der Waals surface area contributed by atoms with Gasteiger partial charge in [0.05, 0.1) is 5.69 Å². The summed E-state index contributed by atoms with van der Waals surface area (Å²) in [5.74, 6) is 0.924. The number of aryl methyl sites for hydroxylation is 2. The molecule has 0 aliphatic heterocycles. The first kappa shape index (κ1) is 15.5. The van der Waals surface area contributed by atoms with Gasteiger partial charge in [-0.15, -0.1) is 0 Å². The van der Waals surface area contributed by atoms with Crippen LogP contribution in [-0.2, 0) is 6.61 Å². The Labute approximate surface area is 127 Å². The lowest BCUT2D eigenvalue weighted by Gasteiger charge is -2.16. The zero-order valence-electron chi connectivity index (χ0n) is 13.3. The molecule has 0 radical (unpaired) electrons. The van der Waals surface area contributed by atoms with Crippen LogP contribution in [0.3, 0.4) is 0 Å². The molecule has 0 saturated heterocycles. The first-order chi connectivity index (χ1) is 10.1. The van der Waals surface area contributed by atoms with E-state index < -0.39 is 0 Å². The predicted octanol–water partition coefficient (Wildman–Crippen LogP) is 3.95. The van der Waals surface area contributed by atoms with Crippen LogP contribution < -0.4 is 10.1 Å². The largest absolute Gasteiger partial charge is 0.487 e. The van der Waals surface area contributed by atoms with Gasteiger partial charge in [0.15, 0.2) is 0 Å². The summed E-state index contributed by atoms with van der Waals surface area (Å²) in [6.07, 6.45) is 1.81. The van der Waals surface area contributed by atoms with Crippen LogP contribution >= 0.6 is 0 Å². The van der Waals surface area contributed by atoms with Gasteiger partial charge >= 0.3 is 0 Å². The molecule has 0 saturated carbocycles. The van der Waals surface area contributed by atoms with E-state index in [9.17, 15) is 0 Å². The summed E-state index contributed by atoms with van der Waals surface area (Å²) in [6, 6.07) is 10.7. The molecule has 3 heteroatoms. The number of pyridine rings is 1. The third-order valence-corrected chi connectivity index (χ3v) is 3.69. The van der Waals surface area contributed by atoms with Gasteiger partial charge in [-0.05, 0) is 56.1 Å². The van der Waals surface area contributed by atoms with Crippen LogP contribution in [0, 0.1) is 13.8 Å². The van der Waals surface area contributed by atoms with Crippen molar-refractivity contribution in [3.8, 4) is 5.75 Å². The molecule has 1 aromatic heterocycles. The average Bonchev–Trinajstić information content (AvgIpc) is 2.47. The molecule has 1 N–H and O–H groups in total. The fraction of sp³-hybridized carbons (Fsp3) is 0.389. The van der Waals surface area contributed by atoms with Crippen molar-refractivity contribution in [3.63, 3.8) is 0 Å². The lowest BCUT2D eigenvalue weighted by Crippen LogP contribution is -2.17. The van der Waals surface area contributed by atoms with Crippen LogP contribution in [-0.4, -0.2) is 11.5 Å². The highest BCUT2D eigenvalue weighted by atomic mass is 16.5. The lowest BCUT2D eigenvalue weighted by atomic mass is 10.1. The van der Waals surface area contributed by atoms with Gasteiger partial charge in [-0.1, -0.05) is 25.1 Å². The van der Waals surface area contributed by atoms with Crippen molar-refractivity contribution in [3.05, 3.63) is 58.9 Å². The second kappa shape index (κ2) is 7.23. The van der Waals surface area contributed by atoms with Crippen molar-refractivity contribution in [2.24, 2.45) is 0 Å². The molecule has 0 aliphatic carbocycles. The van der Waals surface area contributed by atoms with E-state index in [1.165, 1.54) is 5.56 Å². The molecular formula is C18H24N2O. The maximum Gasteiger partial charge on any atom is 0.130 e. The van der Waals surface area contributed by atoms with Crippen LogP contribution in [0.2, 0.25) is 0 Å². The highest BCUT2D eigenvalue weighted by molar-refractivity contribution is 5.37. The molecule has 21 heavy (non-hydrogen) atoms. The lowest BCUT2D eigenvalue weighted by molar-refractivity contribution is 0.298. The Bertz CT molecular complexity index is 596. The number of aromatic nitrogens is 1. The SMILES string of the molecule is CCNC(C)c1ccc(OCc2ncccc2C)c(C)c1. The number of hydrogen-bond acceptors (Lipinski definition) is 3. The fourth-order valence-corrected chi connectivity index (χ4v) is 2.34. The molecule has 0 aliphatic rings. The molecule has 1 heterocycles. The minimum absolute atomic E-state index is 0.362. The number of nitrogens with one attached hydrogen (secondary N) is 1. The van der Waals surface area contributed by atoms with Gasteiger partial charge in [0.2, 0.25) is 0 Å². The normalized spacial score (nSPS) is 12.2. The van der Waals surface area contributed by atoms with E-state index in [2.05, 4.69) is 62.3 Å². The van der Waals surface area contributed by atoms with Gasteiger partial charge in [-0.3, -0.25) is 4.98 Å². The molecule has 3 nitrogen and oxygen atoms in total. The summed E-state index contributed by atoms with van der Waals surface area (Å²) in [5, 5.41) is 3.42. The van der Waals surface area contributed by atoms with Crippen molar-refractivity contribution in [2.75, 3.05) is 6.54 Å². The molecule has 0 bridgehead atoms. The molecule has 0 fully saturated rings. The van der Waals surface area contributed by atoms with Gasteiger partial charge in [0.25, 0.3) is 0 Å². The van der Waals surface area contributed by atoms with E-state index in [0.717, 1.165) is 29.1 Å². The zero-order valence-corrected chi connectivity index (χ0v) is 13.3. The minimum atomic E-state index is 0.362. The molecule has 112 valence electrons. The Balaban J connectivity index is 2.06. The molecule has 0 spiro atoms. The zero-order chi connectivity index (χ0) is 15.2. The van der Waals surface area contributed by atoms with E-state index in [1.807, 2.05) is 6.07 Å². The van der Waals surface area contributed by atoms with Crippen LogP contribution in [0.1, 0.15) is 42.3 Å². The van der Waals surface area contributed by atoms with Gasteiger partial charge in [-0.2, -0.15) is 0 Å². The molecule has 1 atom stereocenters. The van der Waals surface area contributed by atoms with E-state index in [-0.39, 0.29) is 0 Å². The average molecular weight is 284 g/mol. The summed E-state index contributed by atoms with van der Waals surface area (Å²) >= 11 is 0. The minimum Gasteiger partial charge on any atom is -0.487 e. The molecular weight excluding hydrogens is 260 g/mol. The van der Waals surface area contributed by atoms with E-state index in [1.54, 1.807) is 6.20 Å². The summed E-state index contributed by atoms with van der Waals surface area (Å²) < 4.78 is 5.92. The van der Waals surface area contributed by atoms with E-state index in [4.69, 9.17) is 4.74 Å². The number of hydrogen-bond donors (Lipinski definition) is 1. The first-order valence-electron chi connectivity index (χ1n) is 7.49. The molecule has 1 unspecified atom stereocenters. The van der Waals surface area contributed by atoms with Crippen molar-refractivity contribution in [1.29, 1.82) is 0 Å². The Morgan fingerprint density at radius 3 is 2.67 bits per heavy atom. The number of benzene rings is 1. The third-order valence-electron chi connectivity index (χ3n) is 3.69. The molecule has 2 aromatic rings. The summed E-state index contributed by atoms with van der Waals surface area (Å²) in [5.41, 5.74) is 4.59. The summed E-state index contributed by atoms with van der Waals surface area (Å²) in [7, 11) is 0. The van der Waals surface area contributed by atoms with Crippen LogP contribution in [0.5, 0.6) is 5.75 Å². The van der Waals surface area contributed by atoms with Gasteiger partial charge in [0.1, 0.15) is 12.4 Å². The topological polar surface area (TPSA) is 34.1 Å². The molecule has 0 amide bonds. The van der Waals surface area contributed by atoms with Crippen LogP contribution in [0.15, 0.2) is 36.5 Å². The first-order valence-corrected chi connectivity index (χ1v) is 7.49. The van der Waals surface area contributed by atoms with E-state index >= 15 is 0 Å². The number of rotatable bonds is 6. The Morgan fingerprint density at radius 2 is 2.00 bits per heavy atom. The molecule has 1 aromatic carbocycles. The van der Waals surface area contributed by atoms with Crippen molar-refractivity contribution < 1.29 is 4.74 Å². The number of ether oxygens (including phenoxy) is 1. The van der Waals surface area contributed by atoms with E-state index in [0.29, 0.717) is 12.6 Å². The van der Waals surface area contributed by atoms with Crippen molar-refractivity contribution in [1.82, 2.24) is 10.3 Å². The Kier molecular flexibility index (Phi) is 5.34. The summed E-state index contributed by atoms with van der Waals surface area (Å²) in [4.78, 5) is 4.36.